The highest BCUT2D eigenvalue weighted by molar-refractivity contribution is 5.39. The second kappa shape index (κ2) is 5.09. The predicted octanol–water partition coefficient (Wildman–Crippen LogP) is 0.506. The fourth-order valence-corrected chi connectivity index (χ4v) is 1.88. The minimum absolute atomic E-state index is 0.388. The number of anilines is 1. The summed E-state index contributed by atoms with van der Waals surface area (Å²) in [5.41, 5.74) is 0. The minimum atomic E-state index is 0.388. The van der Waals surface area contributed by atoms with Crippen LogP contribution in [0.3, 0.4) is 0 Å². The maximum absolute atomic E-state index is 5.48. The van der Waals surface area contributed by atoms with E-state index in [0.29, 0.717) is 6.04 Å². The number of likely N-dealkylation sites (N-methyl/N-ethyl adjacent to an activating group) is 1. The van der Waals surface area contributed by atoms with Crippen LogP contribution in [0.25, 0.3) is 0 Å². The molecule has 0 aromatic carbocycles. The Morgan fingerprint density at radius 2 is 2.53 bits per heavy atom. The van der Waals surface area contributed by atoms with Gasteiger partial charge in [0.25, 0.3) is 0 Å². The molecule has 0 radical (unpaired) electrons. The largest absolute Gasteiger partial charge is 0.377 e. The van der Waals surface area contributed by atoms with Gasteiger partial charge in [-0.25, -0.2) is 4.98 Å². The van der Waals surface area contributed by atoms with Gasteiger partial charge < -0.3 is 15.0 Å². The molecule has 1 aromatic heterocycles. The summed E-state index contributed by atoms with van der Waals surface area (Å²) in [6.45, 7) is 3.41. The fraction of sp³-hybridized carbons (Fsp3) is 0.545. The molecule has 1 atom stereocenters. The van der Waals surface area contributed by atoms with Crippen molar-refractivity contribution in [3.05, 3.63) is 24.4 Å². The first-order valence-corrected chi connectivity index (χ1v) is 5.32. The van der Waals surface area contributed by atoms with Crippen LogP contribution >= 0.6 is 0 Å². The molecule has 0 bridgehead atoms. The third kappa shape index (κ3) is 2.46. The van der Waals surface area contributed by atoms with Gasteiger partial charge in [0.1, 0.15) is 5.82 Å². The van der Waals surface area contributed by atoms with Gasteiger partial charge >= 0.3 is 0 Å². The molecule has 2 heterocycles. The van der Waals surface area contributed by atoms with E-state index in [2.05, 4.69) is 15.2 Å². The lowest BCUT2D eigenvalue weighted by atomic mass is 10.2. The van der Waals surface area contributed by atoms with Crippen molar-refractivity contribution in [3.63, 3.8) is 0 Å². The molecule has 1 aromatic rings. The van der Waals surface area contributed by atoms with Gasteiger partial charge in [0, 0.05) is 19.3 Å². The lowest BCUT2D eigenvalue weighted by molar-refractivity contribution is 0.0939. The molecule has 0 spiro atoms. The zero-order valence-corrected chi connectivity index (χ0v) is 9.02. The molecule has 1 unspecified atom stereocenters. The molecule has 0 saturated carbocycles. The highest BCUT2D eigenvalue weighted by Crippen LogP contribution is 2.15. The molecular weight excluding hydrogens is 190 g/mol. The number of hydrogen-bond acceptors (Lipinski definition) is 4. The Morgan fingerprint density at radius 1 is 1.60 bits per heavy atom. The number of pyridine rings is 1. The smallest absolute Gasteiger partial charge is 0.128 e. The van der Waals surface area contributed by atoms with Gasteiger partial charge in [0.05, 0.1) is 19.3 Å². The zero-order chi connectivity index (χ0) is 10.5. The predicted molar refractivity (Wildman–Crippen MR) is 60.1 cm³/mol. The van der Waals surface area contributed by atoms with E-state index in [1.165, 1.54) is 0 Å². The van der Waals surface area contributed by atoms with Gasteiger partial charge in [-0.3, -0.25) is 0 Å². The average molecular weight is 207 g/mol. The summed E-state index contributed by atoms with van der Waals surface area (Å²) in [7, 11) is 1.96. The molecule has 1 aliphatic heterocycles. The molecule has 4 nitrogen and oxygen atoms in total. The molecule has 4 heteroatoms. The minimum Gasteiger partial charge on any atom is -0.377 e. The summed E-state index contributed by atoms with van der Waals surface area (Å²) in [5, 5.41) is 3.19. The third-order valence-electron chi connectivity index (χ3n) is 2.61. The van der Waals surface area contributed by atoms with Gasteiger partial charge in [0.2, 0.25) is 0 Å². The van der Waals surface area contributed by atoms with Gasteiger partial charge in [-0.1, -0.05) is 6.07 Å². The average Bonchev–Trinajstić information content (AvgIpc) is 2.31. The first-order valence-electron chi connectivity index (χ1n) is 5.32. The standard InChI is InChI=1S/C11H17N3O/c1-12-8-10-9-15-7-6-14(10)11-4-2-3-5-13-11/h2-5,10,12H,6-9H2,1H3. The molecule has 1 fully saturated rings. The van der Waals surface area contributed by atoms with Gasteiger partial charge in [-0.15, -0.1) is 0 Å². The number of rotatable bonds is 3. The van der Waals surface area contributed by atoms with E-state index < -0.39 is 0 Å². The maximum Gasteiger partial charge on any atom is 0.128 e. The van der Waals surface area contributed by atoms with Gasteiger partial charge in [0.15, 0.2) is 0 Å². The summed E-state index contributed by atoms with van der Waals surface area (Å²) in [6, 6.07) is 6.40. The fourth-order valence-electron chi connectivity index (χ4n) is 1.88. The third-order valence-corrected chi connectivity index (χ3v) is 2.61. The Labute approximate surface area is 90.3 Å². The number of nitrogens with one attached hydrogen (secondary N) is 1. The molecule has 15 heavy (non-hydrogen) atoms. The number of ether oxygens (including phenoxy) is 1. The van der Waals surface area contributed by atoms with Crippen molar-refractivity contribution < 1.29 is 4.74 Å². The molecular formula is C11H17N3O. The van der Waals surface area contributed by atoms with Gasteiger partial charge in [-0.2, -0.15) is 0 Å². The van der Waals surface area contributed by atoms with Crippen LogP contribution in [0.15, 0.2) is 24.4 Å². The summed E-state index contributed by atoms with van der Waals surface area (Å²) >= 11 is 0. The summed E-state index contributed by atoms with van der Waals surface area (Å²) < 4.78 is 5.48. The van der Waals surface area contributed by atoms with E-state index in [1.807, 2.05) is 31.4 Å². The molecule has 2 rings (SSSR count). The van der Waals surface area contributed by atoms with Crippen LogP contribution < -0.4 is 10.2 Å². The number of nitrogens with zero attached hydrogens (tertiary/aromatic N) is 2. The van der Waals surface area contributed by atoms with Crippen molar-refractivity contribution in [2.75, 3.05) is 38.3 Å². The molecule has 0 amide bonds. The Bertz CT molecular complexity index is 289. The van der Waals surface area contributed by atoms with Crippen molar-refractivity contribution in [2.45, 2.75) is 6.04 Å². The number of hydrogen-bond donors (Lipinski definition) is 1. The second-order valence-corrected chi connectivity index (χ2v) is 3.67. The van der Waals surface area contributed by atoms with E-state index >= 15 is 0 Å². The van der Waals surface area contributed by atoms with Crippen molar-refractivity contribution in [1.82, 2.24) is 10.3 Å². The van der Waals surface area contributed by atoms with Crippen molar-refractivity contribution in [3.8, 4) is 0 Å². The van der Waals surface area contributed by atoms with E-state index in [-0.39, 0.29) is 0 Å². The molecule has 82 valence electrons. The first-order chi connectivity index (χ1) is 7.42. The van der Waals surface area contributed by atoms with Crippen molar-refractivity contribution in [1.29, 1.82) is 0 Å². The summed E-state index contributed by atoms with van der Waals surface area (Å²) in [4.78, 5) is 6.68. The zero-order valence-electron chi connectivity index (χ0n) is 9.02. The first kappa shape index (κ1) is 10.4. The topological polar surface area (TPSA) is 37.4 Å². The Hall–Kier alpha value is -1.13. The number of aromatic nitrogens is 1. The van der Waals surface area contributed by atoms with Crippen LogP contribution in [0.4, 0.5) is 5.82 Å². The molecule has 0 aliphatic carbocycles. The van der Waals surface area contributed by atoms with E-state index in [9.17, 15) is 0 Å². The van der Waals surface area contributed by atoms with E-state index in [1.54, 1.807) is 0 Å². The Morgan fingerprint density at radius 3 is 3.27 bits per heavy atom. The Balaban J connectivity index is 2.11. The lowest BCUT2D eigenvalue weighted by Gasteiger charge is -2.36. The van der Waals surface area contributed by atoms with Crippen LogP contribution in [0.1, 0.15) is 0 Å². The second-order valence-electron chi connectivity index (χ2n) is 3.67. The summed E-state index contributed by atoms with van der Waals surface area (Å²) in [5.74, 6) is 1.04. The normalized spacial score (nSPS) is 21.7. The van der Waals surface area contributed by atoms with Crippen LogP contribution in [0.2, 0.25) is 0 Å². The summed E-state index contributed by atoms with van der Waals surface area (Å²) in [6.07, 6.45) is 1.83. The molecule has 1 aliphatic rings. The quantitative estimate of drug-likeness (QED) is 0.783. The van der Waals surface area contributed by atoms with Crippen LogP contribution in [0.5, 0.6) is 0 Å². The number of morpholine rings is 1. The molecule has 1 N–H and O–H groups in total. The van der Waals surface area contributed by atoms with E-state index in [4.69, 9.17) is 4.74 Å². The van der Waals surface area contributed by atoms with Crippen LogP contribution in [-0.2, 0) is 4.74 Å². The van der Waals surface area contributed by atoms with Crippen molar-refractivity contribution >= 4 is 5.82 Å². The Kier molecular flexibility index (Phi) is 3.53. The van der Waals surface area contributed by atoms with Crippen LogP contribution in [0, 0.1) is 0 Å². The highest BCUT2D eigenvalue weighted by Gasteiger charge is 2.22. The van der Waals surface area contributed by atoms with Gasteiger partial charge in [-0.05, 0) is 19.2 Å². The van der Waals surface area contributed by atoms with E-state index in [0.717, 1.165) is 32.1 Å². The monoisotopic (exact) mass is 207 g/mol. The SMILES string of the molecule is CNCC1COCCN1c1ccccn1. The molecule has 1 saturated heterocycles. The maximum atomic E-state index is 5.48. The van der Waals surface area contributed by atoms with Crippen molar-refractivity contribution in [2.24, 2.45) is 0 Å². The van der Waals surface area contributed by atoms with Crippen LogP contribution in [-0.4, -0.2) is 44.4 Å². The lowest BCUT2D eigenvalue weighted by Crippen LogP contribution is -2.50. The highest BCUT2D eigenvalue weighted by atomic mass is 16.5.